The van der Waals surface area contributed by atoms with Crippen molar-refractivity contribution in [3.63, 3.8) is 0 Å². The Balaban J connectivity index is 2.11. The molecule has 1 aromatic rings. The summed E-state index contributed by atoms with van der Waals surface area (Å²) in [5, 5.41) is 9.20. The average molecular weight is 274 g/mol. The first-order valence-electron chi connectivity index (χ1n) is 6.87. The maximum Gasteiger partial charge on any atom is 0.146 e. The van der Waals surface area contributed by atoms with E-state index in [9.17, 15) is 5.26 Å². The highest BCUT2D eigenvalue weighted by atomic mass is 16.5. The second kappa shape index (κ2) is 6.21. The van der Waals surface area contributed by atoms with Crippen molar-refractivity contribution in [1.29, 1.82) is 5.26 Å². The van der Waals surface area contributed by atoms with Crippen LogP contribution in [0.25, 0.3) is 0 Å². The minimum atomic E-state index is 0.305. The number of anilines is 1. The van der Waals surface area contributed by atoms with Gasteiger partial charge in [0.2, 0.25) is 0 Å². The highest BCUT2D eigenvalue weighted by Gasteiger charge is 2.30. The molecule has 1 aromatic heterocycles. The number of hydrogen-bond acceptors (Lipinski definition) is 5. The zero-order valence-electron chi connectivity index (χ0n) is 12.6. The van der Waals surface area contributed by atoms with Crippen LogP contribution in [0.1, 0.15) is 17.7 Å². The van der Waals surface area contributed by atoms with Crippen LogP contribution in [0.2, 0.25) is 0 Å². The van der Waals surface area contributed by atoms with Gasteiger partial charge in [0.05, 0.1) is 11.7 Å². The Morgan fingerprint density at radius 1 is 1.55 bits per heavy atom. The van der Waals surface area contributed by atoms with Gasteiger partial charge in [0, 0.05) is 39.0 Å². The summed E-state index contributed by atoms with van der Waals surface area (Å²) in [4.78, 5) is 8.89. The molecule has 5 nitrogen and oxygen atoms in total. The van der Waals surface area contributed by atoms with E-state index < -0.39 is 0 Å². The van der Waals surface area contributed by atoms with Crippen LogP contribution in [0.4, 0.5) is 5.82 Å². The lowest BCUT2D eigenvalue weighted by Crippen LogP contribution is -2.37. The normalized spacial score (nSPS) is 22.8. The van der Waals surface area contributed by atoms with Gasteiger partial charge in [0.15, 0.2) is 0 Å². The summed E-state index contributed by atoms with van der Waals surface area (Å²) in [5.74, 6) is 0.766. The van der Waals surface area contributed by atoms with Crippen LogP contribution < -0.4 is 4.90 Å². The highest BCUT2D eigenvalue weighted by Crippen LogP contribution is 2.22. The molecule has 20 heavy (non-hydrogen) atoms. The maximum absolute atomic E-state index is 9.20. The minimum Gasteiger partial charge on any atom is -0.380 e. The largest absolute Gasteiger partial charge is 0.380 e. The number of nitrogens with zero attached hydrogens (tertiary/aromatic N) is 4. The lowest BCUT2D eigenvalue weighted by atomic mass is 10.1. The summed E-state index contributed by atoms with van der Waals surface area (Å²) in [6, 6.07) is 6.36. The maximum atomic E-state index is 9.20. The van der Waals surface area contributed by atoms with Gasteiger partial charge in [-0.3, -0.25) is 4.90 Å². The smallest absolute Gasteiger partial charge is 0.146 e. The van der Waals surface area contributed by atoms with E-state index in [2.05, 4.69) is 27.9 Å². The standard InChI is InChI=1S/C15H22N4O/c1-11-5-6-12(8-16)15(17-11)19(3)9-13-7-14(20-4)10-18(13)2/h5-6,13-14H,7,9-10H2,1-4H3/t13-,14-/m0/s1. The second-order valence-corrected chi connectivity index (χ2v) is 5.50. The van der Waals surface area contributed by atoms with Crippen molar-refractivity contribution < 1.29 is 4.74 Å². The average Bonchev–Trinajstić information content (AvgIpc) is 2.79. The first-order valence-corrected chi connectivity index (χ1v) is 6.87. The zero-order valence-corrected chi connectivity index (χ0v) is 12.6. The Bertz CT molecular complexity index is 511. The molecule has 1 aliphatic rings. The molecule has 0 bridgehead atoms. The fraction of sp³-hybridized carbons (Fsp3) is 0.600. The Kier molecular flexibility index (Phi) is 4.58. The molecule has 0 spiro atoms. The van der Waals surface area contributed by atoms with Gasteiger partial charge in [-0.2, -0.15) is 5.26 Å². The zero-order chi connectivity index (χ0) is 14.7. The lowest BCUT2D eigenvalue weighted by molar-refractivity contribution is 0.111. The van der Waals surface area contributed by atoms with Crippen LogP contribution in [0, 0.1) is 18.3 Å². The molecule has 0 saturated carbocycles. The Morgan fingerprint density at radius 3 is 2.90 bits per heavy atom. The van der Waals surface area contributed by atoms with Gasteiger partial charge in [-0.15, -0.1) is 0 Å². The van der Waals surface area contributed by atoms with E-state index in [0.29, 0.717) is 17.7 Å². The third kappa shape index (κ3) is 3.09. The third-order valence-electron chi connectivity index (χ3n) is 3.96. The molecule has 0 unspecified atom stereocenters. The van der Waals surface area contributed by atoms with Crippen molar-refractivity contribution >= 4 is 5.82 Å². The first kappa shape index (κ1) is 14.8. The number of aryl methyl sites for hydroxylation is 1. The third-order valence-corrected chi connectivity index (χ3v) is 3.96. The summed E-state index contributed by atoms with van der Waals surface area (Å²) < 4.78 is 5.43. The number of rotatable bonds is 4. The number of nitriles is 1. The molecular weight excluding hydrogens is 252 g/mol. The van der Waals surface area contributed by atoms with Crippen molar-refractivity contribution in [2.24, 2.45) is 0 Å². The molecule has 1 saturated heterocycles. The molecule has 0 aliphatic carbocycles. The summed E-state index contributed by atoms with van der Waals surface area (Å²) in [7, 11) is 5.88. The van der Waals surface area contributed by atoms with Crippen molar-refractivity contribution in [1.82, 2.24) is 9.88 Å². The SMILES string of the molecule is CO[C@H]1C[C@@H](CN(C)c2nc(C)ccc2C#N)N(C)C1. The molecule has 0 N–H and O–H groups in total. The number of likely N-dealkylation sites (tertiary alicyclic amines) is 1. The van der Waals surface area contributed by atoms with Gasteiger partial charge in [-0.05, 0) is 32.5 Å². The first-order chi connectivity index (χ1) is 9.55. The Morgan fingerprint density at radius 2 is 2.30 bits per heavy atom. The number of likely N-dealkylation sites (N-methyl/N-ethyl adjacent to an activating group) is 2. The molecule has 108 valence electrons. The van der Waals surface area contributed by atoms with Gasteiger partial charge in [-0.25, -0.2) is 4.98 Å². The van der Waals surface area contributed by atoms with E-state index in [1.54, 1.807) is 7.11 Å². The summed E-state index contributed by atoms with van der Waals surface area (Å²) >= 11 is 0. The Labute approximate surface area is 120 Å². The second-order valence-electron chi connectivity index (χ2n) is 5.50. The minimum absolute atomic E-state index is 0.305. The number of ether oxygens (including phenoxy) is 1. The highest BCUT2D eigenvalue weighted by molar-refractivity contribution is 5.53. The molecule has 0 aromatic carbocycles. The van der Waals surface area contributed by atoms with Gasteiger partial charge in [-0.1, -0.05) is 0 Å². The molecule has 2 rings (SSSR count). The topological polar surface area (TPSA) is 52.4 Å². The Hall–Kier alpha value is -1.64. The molecule has 2 heterocycles. The predicted octanol–water partition coefficient (Wildman–Crippen LogP) is 1.42. The van der Waals surface area contributed by atoms with Gasteiger partial charge in [0.25, 0.3) is 0 Å². The van der Waals surface area contributed by atoms with Crippen molar-refractivity contribution in [2.75, 3.05) is 39.2 Å². The number of pyridine rings is 1. The quantitative estimate of drug-likeness (QED) is 0.831. The fourth-order valence-electron chi connectivity index (χ4n) is 2.74. The van der Waals surface area contributed by atoms with Gasteiger partial charge in [0.1, 0.15) is 11.9 Å². The van der Waals surface area contributed by atoms with E-state index in [-0.39, 0.29) is 0 Å². The molecule has 0 amide bonds. The van der Waals surface area contributed by atoms with Crippen LogP contribution in [-0.2, 0) is 4.74 Å². The van der Waals surface area contributed by atoms with Crippen LogP contribution in [-0.4, -0.2) is 56.3 Å². The van der Waals surface area contributed by atoms with Crippen molar-refractivity contribution in [3.05, 3.63) is 23.4 Å². The van der Waals surface area contributed by atoms with Crippen LogP contribution >= 0.6 is 0 Å². The molecule has 5 heteroatoms. The van der Waals surface area contributed by atoms with Crippen molar-refractivity contribution in [2.45, 2.75) is 25.5 Å². The van der Waals surface area contributed by atoms with E-state index >= 15 is 0 Å². The van der Waals surface area contributed by atoms with Crippen LogP contribution in [0.15, 0.2) is 12.1 Å². The number of methoxy groups -OCH3 is 1. The van der Waals surface area contributed by atoms with E-state index in [1.165, 1.54) is 0 Å². The van der Waals surface area contributed by atoms with Gasteiger partial charge < -0.3 is 9.64 Å². The van der Waals surface area contributed by atoms with E-state index in [4.69, 9.17) is 4.74 Å². The summed E-state index contributed by atoms with van der Waals surface area (Å²) in [5.41, 5.74) is 1.56. The van der Waals surface area contributed by atoms with Crippen LogP contribution in [0.5, 0.6) is 0 Å². The summed E-state index contributed by atoms with van der Waals surface area (Å²) in [6.45, 7) is 3.75. The van der Waals surface area contributed by atoms with E-state index in [1.807, 2.05) is 26.1 Å². The molecule has 1 fully saturated rings. The molecular formula is C15H22N4O. The number of hydrogen-bond donors (Lipinski definition) is 0. The fourth-order valence-corrected chi connectivity index (χ4v) is 2.74. The lowest BCUT2D eigenvalue weighted by Gasteiger charge is -2.27. The molecule has 2 atom stereocenters. The summed E-state index contributed by atoms with van der Waals surface area (Å²) in [6.07, 6.45) is 1.32. The molecule has 0 radical (unpaired) electrons. The van der Waals surface area contributed by atoms with Crippen LogP contribution in [0.3, 0.4) is 0 Å². The monoisotopic (exact) mass is 274 g/mol. The van der Waals surface area contributed by atoms with E-state index in [0.717, 1.165) is 31.0 Å². The number of aromatic nitrogens is 1. The van der Waals surface area contributed by atoms with Crippen molar-refractivity contribution in [3.8, 4) is 6.07 Å². The molecule has 1 aliphatic heterocycles. The van der Waals surface area contributed by atoms with Gasteiger partial charge >= 0.3 is 0 Å². The predicted molar refractivity (Wildman–Crippen MR) is 78.8 cm³/mol.